The lowest BCUT2D eigenvalue weighted by Gasteiger charge is -2.25. The van der Waals surface area contributed by atoms with Gasteiger partial charge in [0, 0.05) is 26.4 Å². The average molecular weight is 428 g/mol. The molecule has 0 saturated carbocycles. The molecule has 1 aliphatic heterocycles. The van der Waals surface area contributed by atoms with E-state index in [4.69, 9.17) is 16.0 Å². The minimum absolute atomic E-state index is 0.158. The van der Waals surface area contributed by atoms with Crippen molar-refractivity contribution in [2.24, 2.45) is 14.1 Å². The zero-order valence-electron chi connectivity index (χ0n) is 15.9. The number of halogens is 1. The maximum atomic E-state index is 13.2. The fourth-order valence-electron chi connectivity index (χ4n) is 4.16. The summed E-state index contributed by atoms with van der Waals surface area (Å²) in [6.07, 6.45) is 0. The summed E-state index contributed by atoms with van der Waals surface area (Å²) in [5, 5.41) is 0.719. The van der Waals surface area contributed by atoms with Gasteiger partial charge in [0.15, 0.2) is 5.22 Å². The van der Waals surface area contributed by atoms with Crippen molar-refractivity contribution in [1.82, 2.24) is 13.7 Å². The van der Waals surface area contributed by atoms with Gasteiger partial charge in [0.05, 0.1) is 22.3 Å². The number of rotatable bonds is 2. The highest BCUT2D eigenvalue weighted by Gasteiger charge is 2.34. The van der Waals surface area contributed by atoms with Crippen LogP contribution in [0.2, 0.25) is 5.22 Å². The van der Waals surface area contributed by atoms with Crippen LogP contribution in [0.3, 0.4) is 0 Å². The third-order valence-electron chi connectivity index (χ3n) is 5.45. The largest absolute Gasteiger partial charge is 0.448 e. The average Bonchev–Trinajstić information content (AvgIpc) is 3.32. The Balaban J connectivity index is 1.97. The Bertz CT molecular complexity index is 1360. The first-order valence-corrected chi connectivity index (χ1v) is 10.7. The zero-order chi connectivity index (χ0) is 20.3. The molecule has 5 rings (SSSR count). The molecule has 6 nitrogen and oxygen atoms in total. The van der Waals surface area contributed by atoms with Crippen molar-refractivity contribution >= 4 is 34.3 Å². The summed E-state index contributed by atoms with van der Waals surface area (Å²) < 4.78 is 10.6. The molecule has 4 heterocycles. The molecule has 1 unspecified atom stereocenters. The molecule has 3 aromatic heterocycles. The number of hydrogen-bond acceptors (Lipinski definition) is 4. The molecule has 8 heteroatoms. The Kier molecular flexibility index (Phi) is 4.26. The quantitative estimate of drug-likeness (QED) is 0.488. The van der Waals surface area contributed by atoms with Gasteiger partial charge >= 0.3 is 5.69 Å². The van der Waals surface area contributed by atoms with Crippen LogP contribution < -0.4 is 11.2 Å². The van der Waals surface area contributed by atoms with Crippen LogP contribution in [0, 0.1) is 0 Å². The van der Waals surface area contributed by atoms with Gasteiger partial charge in [-0.1, -0.05) is 30.3 Å². The van der Waals surface area contributed by atoms with Crippen LogP contribution in [0.1, 0.15) is 16.7 Å². The summed E-state index contributed by atoms with van der Waals surface area (Å²) >= 11 is 7.76. The molecule has 0 bridgehead atoms. The number of nitrogens with zero attached hydrogens (tertiary/aromatic N) is 3. The second-order valence-electron chi connectivity index (χ2n) is 7.07. The van der Waals surface area contributed by atoms with Crippen LogP contribution in [0.15, 0.2) is 56.5 Å². The van der Waals surface area contributed by atoms with Crippen LogP contribution in [-0.2, 0) is 20.6 Å². The van der Waals surface area contributed by atoms with Gasteiger partial charge < -0.3 is 8.98 Å². The molecule has 0 saturated heterocycles. The minimum atomic E-state index is -0.345. The van der Waals surface area contributed by atoms with Gasteiger partial charge in [0.25, 0.3) is 5.56 Å². The maximum absolute atomic E-state index is 13.2. The first-order valence-electron chi connectivity index (χ1n) is 9.23. The topological polar surface area (TPSA) is 62.1 Å². The number of aryl methyl sites for hydroxylation is 1. The standard InChI is InChI=1S/C21H18ClN3O3S/c1-23-17-15(20(26)24(2)21(23)27)16(12-6-4-3-5-7-12)25-10-11-29-19(18(17)25)13-8-9-14(22)28-13/h3-9,19H,10-11H2,1-2H3. The van der Waals surface area contributed by atoms with Crippen LogP contribution in [0.25, 0.3) is 22.2 Å². The maximum Gasteiger partial charge on any atom is 0.331 e. The molecule has 148 valence electrons. The second kappa shape index (κ2) is 6.71. The number of furan rings is 1. The van der Waals surface area contributed by atoms with E-state index < -0.39 is 0 Å². The fourth-order valence-corrected chi connectivity index (χ4v) is 5.53. The van der Waals surface area contributed by atoms with Crippen molar-refractivity contribution < 1.29 is 4.42 Å². The van der Waals surface area contributed by atoms with Gasteiger partial charge in [-0.15, -0.1) is 11.8 Å². The van der Waals surface area contributed by atoms with Crippen LogP contribution in [0.5, 0.6) is 0 Å². The molecule has 0 amide bonds. The lowest BCUT2D eigenvalue weighted by Crippen LogP contribution is -2.37. The zero-order valence-corrected chi connectivity index (χ0v) is 17.5. The summed E-state index contributed by atoms with van der Waals surface area (Å²) in [6.45, 7) is 0.737. The SMILES string of the molecule is Cn1c(=O)c2c(-c3ccccc3)n3c(c2n(C)c1=O)C(c1ccc(Cl)o1)SCC3. The Labute approximate surface area is 175 Å². The van der Waals surface area contributed by atoms with Crippen molar-refractivity contribution in [3.63, 3.8) is 0 Å². The lowest BCUT2D eigenvalue weighted by atomic mass is 10.1. The van der Waals surface area contributed by atoms with E-state index in [0.29, 0.717) is 21.9 Å². The van der Waals surface area contributed by atoms with Crippen LogP contribution >= 0.6 is 23.4 Å². The molecule has 29 heavy (non-hydrogen) atoms. The molecule has 0 radical (unpaired) electrons. The first-order chi connectivity index (χ1) is 14.0. The number of thioether (sulfide) groups is 1. The van der Waals surface area contributed by atoms with E-state index in [2.05, 4.69) is 4.57 Å². The van der Waals surface area contributed by atoms with E-state index in [0.717, 1.165) is 29.2 Å². The molecule has 0 spiro atoms. The van der Waals surface area contributed by atoms with E-state index in [9.17, 15) is 9.59 Å². The minimum Gasteiger partial charge on any atom is -0.448 e. The van der Waals surface area contributed by atoms with Crippen molar-refractivity contribution in [3.8, 4) is 11.3 Å². The van der Waals surface area contributed by atoms with Crippen LogP contribution in [0.4, 0.5) is 0 Å². The van der Waals surface area contributed by atoms with Crippen molar-refractivity contribution in [2.75, 3.05) is 5.75 Å². The third-order valence-corrected chi connectivity index (χ3v) is 6.86. The summed E-state index contributed by atoms with van der Waals surface area (Å²) in [5.74, 6) is 1.57. The molecule has 0 N–H and O–H groups in total. The fraction of sp³-hybridized carbons (Fsp3) is 0.238. The number of fused-ring (bicyclic) bond motifs is 3. The molecule has 0 aliphatic carbocycles. The Hall–Kier alpha value is -2.64. The van der Waals surface area contributed by atoms with Gasteiger partial charge in [-0.25, -0.2) is 4.79 Å². The van der Waals surface area contributed by atoms with Gasteiger partial charge in [0.2, 0.25) is 0 Å². The summed E-state index contributed by atoms with van der Waals surface area (Å²) in [4.78, 5) is 26.0. The Morgan fingerprint density at radius 3 is 2.52 bits per heavy atom. The summed E-state index contributed by atoms with van der Waals surface area (Å²) in [5.41, 5.74) is 2.71. The highest BCUT2D eigenvalue weighted by atomic mass is 35.5. The molecule has 1 atom stereocenters. The van der Waals surface area contributed by atoms with E-state index in [1.807, 2.05) is 36.4 Å². The molecular formula is C21H18ClN3O3S. The number of aromatic nitrogens is 3. The summed E-state index contributed by atoms with van der Waals surface area (Å²) in [6, 6.07) is 13.4. The Morgan fingerprint density at radius 2 is 1.83 bits per heavy atom. The number of hydrogen-bond donors (Lipinski definition) is 0. The van der Waals surface area contributed by atoms with Gasteiger partial charge in [-0.05, 0) is 29.3 Å². The van der Waals surface area contributed by atoms with E-state index in [-0.39, 0.29) is 16.5 Å². The highest BCUT2D eigenvalue weighted by Crippen LogP contribution is 2.46. The molecule has 1 aromatic carbocycles. The van der Waals surface area contributed by atoms with E-state index >= 15 is 0 Å². The van der Waals surface area contributed by atoms with Gasteiger partial charge in [-0.3, -0.25) is 13.9 Å². The van der Waals surface area contributed by atoms with Gasteiger partial charge in [0.1, 0.15) is 11.0 Å². The van der Waals surface area contributed by atoms with Crippen molar-refractivity contribution in [2.45, 2.75) is 11.8 Å². The number of benzene rings is 1. The van der Waals surface area contributed by atoms with Crippen LogP contribution in [-0.4, -0.2) is 19.5 Å². The predicted molar refractivity (Wildman–Crippen MR) is 116 cm³/mol. The van der Waals surface area contributed by atoms with Crippen molar-refractivity contribution in [3.05, 3.63) is 80.0 Å². The third kappa shape index (κ3) is 2.64. The first kappa shape index (κ1) is 18.4. The molecule has 4 aromatic rings. The van der Waals surface area contributed by atoms with Gasteiger partial charge in [-0.2, -0.15) is 0 Å². The lowest BCUT2D eigenvalue weighted by molar-refractivity contribution is 0.511. The molecular weight excluding hydrogens is 410 g/mol. The normalized spacial score (nSPS) is 16.3. The predicted octanol–water partition coefficient (Wildman–Crippen LogP) is 3.79. The smallest absolute Gasteiger partial charge is 0.331 e. The monoisotopic (exact) mass is 427 g/mol. The second-order valence-corrected chi connectivity index (χ2v) is 8.66. The molecule has 0 fully saturated rings. The molecule has 1 aliphatic rings. The summed E-state index contributed by atoms with van der Waals surface area (Å²) in [7, 11) is 3.24. The highest BCUT2D eigenvalue weighted by molar-refractivity contribution is 7.99. The Morgan fingerprint density at radius 1 is 1.07 bits per heavy atom. The van der Waals surface area contributed by atoms with E-state index in [1.165, 1.54) is 11.6 Å². The van der Waals surface area contributed by atoms with Crippen molar-refractivity contribution in [1.29, 1.82) is 0 Å². The van der Waals surface area contributed by atoms with E-state index in [1.54, 1.807) is 29.4 Å².